The first-order chi connectivity index (χ1) is 9.78. The summed E-state index contributed by atoms with van der Waals surface area (Å²) >= 11 is 2.42. The highest BCUT2D eigenvalue weighted by Crippen LogP contribution is 2.30. The number of nitrogens with one attached hydrogen (secondary N) is 1. The Kier molecular flexibility index (Phi) is 3.92. The maximum atomic E-state index is 3.58. The standard InChI is InChI=1S/C18H16IN/c1-13-7-9-14(10-8-13)17-11-16(12-19)18(20-17)15-5-3-2-4-6-15/h2-11,20H,12H2,1H3. The number of alkyl halides is 1. The van der Waals surface area contributed by atoms with Gasteiger partial charge in [0.05, 0.1) is 0 Å². The van der Waals surface area contributed by atoms with Gasteiger partial charge < -0.3 is 4.98 Å². The molecular weight excluding hydrogens is 357 g/mol. The summed E-state index contributed by atoms with van der Waals surface area (Å²) in [6.45, 7) is 2.12. The number of aromatic nitrogens is 1. The molecule has 3 rings (SSSR count). The van der Waals surface area contributed by atoms with Crippen LogP contribution in [0.15, 0.2) is 60.7 Å². The van der Waals surface area contributed by atoms with Crippen LogP contribution in [0.25, 0.3) is 22.5 Å². The topological polar surface area (TPSA) is 15.8 Å². The smallest absolute Gasteiger partial charge is 0.0499 e. The first-order valence-corrected chi connectivity index (χ1v) is 8.21. The van der Waals surface area contributed by atoms with Crippen LogP contribution in [0.3, 0.4) is 0 Å². The first kappa shape index (κ1) is 13.4. The Morgan fingerprint density at radius 1 is 0.900 bits per heavy atom. The van der Waals surface area contributed by atoms with Gasteiger partial charge >= 0.3 is 0 Å². The van der Waals surface area contributed by atoms with Gasteiger partial charge in [-0.25, -0.2) is 0 Å². The lowest BCUT2D eigenvalue weighted by Gasteiger charge is -2.01. The molecule has 0 bridgehead atoms. The van der Waals surface area contributed by atoms with E-state index in [0.29, 0.717) is 0 Å². The molecule has 0 saturated heterocycles. The fourth-order valence-corrected chi connectivity index (χ4v) is 2.96. The average molecular weight is 373 g/mol. The Morgan fingerprint density at radius 3 is 2.25 bits per heavy atom. The van der Waals surface area contributed by atoms with Crippen LogP contribution in [0.5, 0.6) is 0 Å². The second-order valence-electron chi connectivity index (χ2n) is 4.95. The molecule has 0 amide bonds. The van der Waals surface area contributed by atoms with E-state index in [-0.39, 0.29) is 0 Å². The number of aromatic amines is 1. The maximum absolute atomic E-state index is 3.58. The summed E-state index contributed by atoms with van der Waals surface area (Å²) in [5, 5.41) is 0. The van der Waals surface area contributed by atoms with E-state index in [4.69, 9.17) is 0 Å². The Hall–Kier alpha value is -1.55. The highest BCUT2D eigenvalue weighted by Gasteiger charge is 2.10. The molecule has 1 nitrogen and oxygen atoms in total. The van der Waals surface area contributed by atoms with Crippen LogP contribution >= 0.6 is 22.6 Å². The van der Waals surface area contributed by atoms with Gasteiger partial charge in [-0.2, -0.15) is 0 Å². The van der Waals surface area contributed by atoms with Gasteiger partial charge in [0.1, 0.15) is 0 Å². The third kappa shape index (κ3) is 2.66. The number of hydrogen-bond acceptors (Lipinski definition) is 0. The number of aryl methyl sites for hydroxylation is 1. The molecule has 0 spiro atoms. The molecule has 0 aliphatic carbocycles. The van der Waals surface area contributed by atoms with Crippen molar-refractivity contribution in [3.8, 4) is 22.5 Å². The zero-order valence-corrected chi connectivity index (χ0v) is 13.5. The Bertz CT molecular complexity index is 696. The van der Waals surface area contributed by atoms with Gasteiger partial charge in [-0.05, 0) is 29.7 Å². The predicted octanol–water partition coefficient (Wildman–Crippen LogP) is 5.59. The summed E-state index contributed by atoms with van der Waals surface area (Å²) in [5.41, 5.74) is 7.55. The fraction of sp³-hybridized carbons (Fsp3) is 0.111. The molecule has 1 heterocycles. The second-order valence-corrected chi connectivity index (χ2v) is 5.71. The molecular formula is C18H16IN. The summed E-state index contributed by atoms with van der Waals surface area (Å²) in [6, 6.07) is 21.4. The molecule has 2 heteroatoms. The van der Waals surface area contributed by atoms with Gasteiger partial charge in [0.2, 0.25) is 0 Å². The normalized spacial score (nSPS) is 10.7. The highest BCUT2D eigenvalue weighted by atomic mass is 127. The molecule has 3 aromatic rings. The molecule has 1 aromatic heterocycles. The van der Waals surface area contributed by atoms with Crippen LogP contribution in [-0.2, 0) is 4.43 Å². The molecule has 0 atom stereocenters. The molecule has 0 fully saturated rings. The van der Waals surface area contributed by atoms with E-state index in [1.54, 1.807) is 0 Å². The van der Waals surface area contributed by atoms with Crippen molar-refractivity contribution in [1.29, 1.82) is 0 Å². The molecule has 0 unspecified atom stereocenters. The van der Waals surface area contributed by atoms with Crippen molar-refractivity contribution in [3.63, 3.8) is 0 Å². The highest BCUT2D eigenvalue weighted by molar-refractivity contribution is 14.1. The van der Waals surface area contributed by atoms with Crippen LogP contribution in [0.2, 0.25) is 0 Å². The summed E-state index contributed by atoms with van der Waals surface area (Å²) in [7, 11) is 0. The van der Waals surface area contributed by atoms with Gasteiger partial charge in [0.25, 0.3) is 0 Å². The van der Waals surface area contributed by atoms with E-state index < -0.39 is 0 Å². The predicted molar refractivity (Wildman–Crippen MR) is 94.1 cm³/mol. The van der Waals surface area contributed by atoms with Gasteiger partial charge in [-0.3, -0.25) is 0 Å². The van der Waals surface area contributed by atoms with E-state index >= 15 is 0 Å². The van der Waals surface area contributed by atoms with Crippen LogP contribution < -0.4 is 0 Å². The summed E-state index contributed by atoms with van der Waals surface area (Å²) < 4.78 is 1.00. The number of halogens is 1. The van der Waals surface area contributed by atoms with Crippen molar-refractivity contribution >= 4 is 22.6 Å². The van der Waals surface area contributed by atoms with E-state index in [1.165, 1.54) is 33.6 Å². The van der Waals surface area contributed by atoms with Crippen molar-refractivity contribution in [1.82, 2.24) is 4.98 Å². The van der Waals surface area contributed by atoms with Crippen LogP contribution in [0.1, 0.15) is 11.1 Å². The minimum absolute atomic E-state index is 1.00. The van der Waals surface area contributed by atoms with Crippen LogP contribution in [0, 0.1) is 6.92 Å². The number of hydrogen-bond donors (Lipinski definition) is 1. The molecule has 0 radical (unpaired) electrons. The SMILES string of the molecule is Cc1ccc(-c2cc(CI)c(-c3ccccc3)[nH]2)cc1. The summed E-state index contributed by atoms with van der Waals surface area (Å²) in [5.74, 6) is 0. The Labute approximate surface area is 133 Å². The number of H-pyrrole nitrogens is 1. The van der Waals surface area contributed by atoms with E-state index in [0.717, 1.165) is 4.43 Å². The molecule has 0 aliphatic rings. The molecule has 0 aliphatic heterocycles. The zero-order valence-electron chi connectivity index (χ0n) is 11.4. The molecule has 2 aromatic carbocycles. The average Bonchev–Trinajstić information content (AvgIpc) is 2.93. The van der Waals surface area contributed by atoms with Crippen molar-refractivity contribution in [3.05, 3.63) is 71.8 Å². The molecule has 20 heavy (non-hydrogen) atoms. The fourth-order valence-electron chi connectivity index (χ4n) is 2.35. The molecule has 0 saturated carbocycles. The van der Waals surface area contributed by atoms with E-state index in [2.05, 4.69) is 95.2 Å². The first-order valence-electron chi connectivity index (χ1n) is 6.68. The van der Waals surface area contributed by atoms with Gasteiger partial charge in [0, 0.05) is 15.8 Å². The van der Waals surface area contributed by atoms with E-state index in [1.807, 2.05) is 0 Å². The zero-order chi connectivity index (χ0) is 13.9. The quantitative estimate of drug-likeness (QED) is 0.455. The Balaban J connectivity index is 2.07. The van der Waals surface area contributed by atoms with Crippen LogP contribution in [0.4, 0.5) is 0 Å². The monoisotopic (exact) mass is 373 g/mol. The minimum atomic E-state index is 1.00. The van der Waals surface area contributed by atoms with Gasteiger partial charge in [-0.15, -0.1) is 0 Å². The lowest BCUT2D eigenvalue weighted by molar-refractivity contribution is 1.36. The lowest BCUT2D eigenvalue weighted by Crippen LogP contribution is -1.82. The van der Waals surface area contributed by atoms with Gasteiger partial charge in [-0.1, -0.05) is 82.8 Å². The lowest BCUT2D eigenvalue weighted by atomic mass is 10.1. The summed E-state index contributed by atoms with van der Waals surface area (Å²) in [4.78, 5) is 3.58. The molecule has 1 N–H and O–H groups in total. The second kappa shape index (κ2) is 5.83. The minimum Gasteiger partial charge on any atom is -0.354 e. The van der Waals surface area contributed by atoms with E-state index in [9.17, 15) is 0 Å². The maximum Gasteiger partial charge on any atom is 0.0499 e. The van der Waals surface area contributed by atoms with Crippen molar-refractivity contribution < 1.29 is 0 Å². The largest absolute Gasteiger partial charge is 0.354 e. The summed E-state index contributed by atoms with van der Waals surface area (Å²) in [6.07, 6.45) is 0. The molecule has 100 valence electrons. The number of rotatable bonds is 3. The van der Waals surface area contributed by atoms with Crippen molar-refractivity contribution in [2.75, 3.05) is 0 Å². The van der Waals surface area contributed by atoms with Gasteiger partial charge in [0.15, 0.2) is 0 Å². The van der Waals surface area contributed by atoms with Crippen molar-refractivity contribution in [2.45, 2.75) is 11.4 Å². The third-order valence-corrected chi connectivity index (χ3v) is 4.29. The number of benzene rings is 2. The third-order valence-electron chi connectivity index (χ3n) is 3.47. The van der Waals surface area contributed by atoms with Crippen LogP contribution in [-0.4, -0.2) is 4.98 Å². The Morgan fingerprint density at radius 2 is 1.60 bits per heavy atom. The van der Waals surface area contributed by atoms with Crippen molar-refractivity contribution in [2.24, 2.45) is 0 Å².